The quantitative estimate of drug-likeness (QED) is 0.487. The van der Waals surface area contributed by atoms with Gasteiger partial charge in [-0.1, -0.05) is 6.92 Å². The van der Waals surface area contributed by atoms with E-state index in [4.69, 9.17) is 10.9 Å². The first-order chi connectivity index (χ1) is 8.22. The van der Waals surface area contributed by atoms with Crippen LogP contribution in [0.2, 0.25) is 0 Å². The van der Waals surface area contributed by atoms with Gasteiger partial charge in [0, 0.05) is 19.3 Å². The summed E-state index contributed by atoms with van der Waals surface area (Å²) in [7, 11) is 0. The van der Waals surface area contributed by atoms with E-state index in [9.17, 15) is 4.79 Å². The molecule has 0 fully saturated rings. The standard InChI is InChI=1S/C11H18N4O2/c1-2-5-15(6-7-16)11(17)9-3-4-10(14-12)13-8-9/h3-4,8,16H,2,5-7,12H2,1H3,(H,13,14). The lowest BCUT2D eigenvalue weighted by Crippen LogP contribution is -2.34. The Morgan fingerprint density at radius 1 is 1.53 bits per heavy atom. The van der Waals surface area contributed by atoms with Crippen LogP contribution in [0.1, 0.15) is 23.7 Å². The molecule has 0 unspecified atom stereocenters. The molecule has 0 aromatic carbocycles. The van der Waals surface area contributed by atoms with Gasteiger partial charge in [-0.05, 0) is 18.6 Å². The van der Waals surface area contributed by atoms with Crippen molar-refractivity contribution in [1.82, 2.24) is 9.88 Å². The van der Waals surface area contributed by atoms with Crippen LogP contribution in [0.4, 0.5) is 5.82 Å². The van der Waals surface area contributed by atoms with Crippen LogP contribution in [0.5, 0.6) is 0 Å². The number of hydrogen-bond donors (Lipinski definition) is 3. The topological polar surface area (TPSA) is 91.5 Å². The highest BCUT2D eigenvalue weighted by atomic mass is 16.3. The number of aromatic nitrogens is 1. The molecule has 1 rings (SSSR count). The van der Waals surface area contributed by atoms with E-state index in [1.807, 2.05) is 6.92 Å². The number of pyridine rings is 1. The SMILES string of the molecule is CCCN(CCO)C(=O)c1ccc(NN)nc1. The van der Waals surface area contributed by atoms with Gasteiger partial charge in [-0.15, -0.1) is 0 Å². The van der Waals surface area contributed by atoms with Gasteiger partial charge >= 0.3 is 0 Å². The summed E-state index contributed by atoms with van der Waals surface area (Å²) in [4.78, 5) is 17.6. The number of carbonyl (C=O) groups is 1. The first-order valence-corrected chi connectivity index (χ1v) is 5.55. The molecule has 1 amide bonds. The van der Waals surface area contributed by atoms with E-state index in [0.29, 0.717) is 24.5 Å². The van der Waals surface area contributed by atoms with Crippen molar-refractivity contribution in [2.75, 3.05) is 25.1 Å². The number of amides is 1. The Labute approximate surface area is 100 Å². The van der Waals surface area contributed by atoms with E-state index >= 15 is 0 Å². The molecule has 1 heterocycles. The number of hydrazine groups is 1. The molecule has 1 aromatic heterocycles. The molecule has 0 spiro atoms. The number of hydrogen-bond acceptors (Lipinski definition) is 5. The van der Waals surface area contributed by atoms with Crippen molar-refractivity contribution >= 4 is 11.7 Å². The van der Waals surface area contributed by atoms with Gasteiger partial charge in [-0.3, -0.25) is 4.79 Å². The lowest BCUT2D eigenvalue weighted by atomic mass is 10.2. The number of nitrogens with zero attached hydrogens (tertiary/aromatic N) is 2. The summed E-state index contributed by atoms with van der Waals surface area (Å²) in [6.07, 6.45) is 2.32. The molecule has 4 N–H and O–H groups in total. The molecular formula is C11H18N4O2. The lowest BCUT2D eigenvalue weighted by Gasteiger charge is -2.20. The highest BCUT2D eigenvalue weighted by Gasteiger charge is 2.14. The van der Waals surface area contributed by atoms with Crippen LogP contribution in [0.15, 0.2) is 18.3 Å². The predicted octanol–water partition coefficient (Wildman–Crippen LogP) is 0.212. The maximum absolute atomic E-state index is 12.0. The second-order valence-electron chi connectivity index (χ2n) is 3.59. The summed E-state index contributed by atoms with van der Waals surface area (Å²) in [6, 6.07) is 3.29. The van der Waals surface area contributed by atoms with E-state index in [1.165, 1.54) is 6.20 Å². The molecule has 0 bridgehead atoms. The number of anilines is 1. The maximum atomic E-state index is 12.0. The fraction of sp³-hybridized carbons (Fsp3) is 0.455. The van der Waals surface area contributed by atoms with E-state index in [2.05, 4.69) is 10.4 Å². The summed E-state index contributed by atoms with van der Waals surface area (Å²) in [6.45, 7) is 2.90. The summed E-state index contributed by atoms with van der Waals surface area (Å²) in [5, 5.41) is 8.91. The monoisotopic (exact) mass is 238 g/mol. The van der Waals surface area contributed by atoms with Gasteiger partial charge in [-0.25, -0.2) is 10.8 Å². The molecule has 0 aliphatic rings. The zero-order valence-corrected chi connectivity index (χ0v) is 9.89. The van der Waals surface area contributed by atoms with Gasteiger partial charge < -0.3 is 15.4 Å². The molecule has 0 saturated carbocycles. The third kappa shape index (κ3) is 3.69. The van der Waals surface area contributed by atoms with Crippen LogP contribution in [0, 0.1) is 0 Å². The number of carbonyl (C=O) groups excluding carboxylic acids is 1. The van der Waals surface area contributed by atoms with Crippen molar-refractivity contribution in [3.8, 4) is 0 Å². The predicted molar refractivity (Wildman–Crippen MR) is 65.3 cm³/mol. The van der Waals surface area contributed by atoms with Crippen LogP contribution < -0.4 is 11.3 Å². The lowest BCUT2D eigenvalue weighted by molar-refractivity contribution is 0.0721. The fourth-order valence-electron chi connectivity index (χ4n) is 1.49. The number of aliphatic hydroxyl groups is 1. The molecule has 6 nitrogen and oxygen atoms in total. The van der Waals surface area contributed by atoms with E-state index in [1.54, 1.807) is 17.0 Å². The summed E-state index contributed by atoms with van der Waals surface area (Å²) >= 11 is 0. The Morgan fingerprint density at radius 2 is 2.29 bits per heavy atom. The Balaban J connectivity index is 2.77. The minimum atomic E-state index is -0.128. The second-order valence-corrected chi connectivity index (χ2v) is 3.59. The van der Waals surface area contributed by atoms with Gasteiger partial charge in [-0.2, -0.15) is 0 Å². The zero-order chi connectivity index (χ0) is 12.7. The molecule has 0 aliphatic carbocycles. The van der Waals surface area contributed by atoms with Crippen molar-refractivity contribution in [3.63, 3.8) is 0 Å². The maximum Gasteiger partial charge on any atom is 0.255 e. The minimum absolute atomic E-state index is 0.0401. The number of nitrogens with two attached hydrogens (primary N) is 1. The normalized spacial score (nSPS) is 10.1. The number of nitrogens with one attached hydrogen (secondary N) is 1. The van der Waals surface area contributed by atoms with E-state index in [0.717, 1.165) is 6.42 Å². The van der Waals surface area contributed by atoms with E-state index < -0.39 is 0 Å². The minimum Gasteiger partial charge on any atom is -0.395 e. The number of nitrogen functional groups attached to an aromatic ring is 1. The van der Waals surface area contributed by atoms with Crippen LogP contribution in [-0.4, -0.2) is 40.6 Å². The summed E-state index contributed by atoms with van der Waals surface area (Å²) in [5.74, 6) is 5.57. The van der Waals surface area contributed by atoms with Crippen LogP contribution >= 0.6 is 0 Å². The zero-order valence-electron chi connectivity index (χ0n) is 9.89. The fourth-order valence-corrected chi connectivity index (χ4v) is 1.49. The molecule has 17 heavy (non-hydrogen) atoms. The first-order valence-electron chi connectivity index (χ1n) is 5.55. The van der Waals surface area contributed by atoms with Gasteiger partial charge in [0.25, 0.3) is 5.91 Å². The largest absolute Gasteiger partial charge is 0.395 e. The molecule has 94 valence electrons. The number of aliphatic hydroxyl groups excluding tert-OH is 1. The molecule has 6 heteroatoms. The summed E-state index contributed by atoms with van der Waals surface area (Å²) in [5.41, 5.74) is 2.89. The summed E-state index contributed by atoms with van der Waals surface area (Å²) < 4.78 is 0. The Morgan fingerprint density at radius 3 is 2.76 bits per heavy atom. The van der Waals surface area contributed by atoms with Gasteiger partial charge in [0.15, 0.2) is 0 Å². The van der Waals surface area contributed by atoms with Gasteiger partial charge in [0.2, 0.25) is 0 Å². The van der Waals surface area contributed by atoms with Gasteiger partial charge in [0.05, 0.1) is 12.2 Å². The molecule has 0 saturated heterocycles. The van der Waals surface area contributed by atoms with E-state index in [-0.39, 0.29) is 12.5 Å². The van der Waals surface area contributed by atoms with Crippen molar-refractivity contribution < 1.29 is 9.90 Å². The Bertz CT molecular complexity index is 347. The van der Waals surface area contributed by atoms with Gasteiger partial charge in [0.1, 0.15) is 5.82 Å². The third-order valence-electron chi connectivity index (χ3n) is 2.31. The average Bonchev–Trinajstić information content (AvgIpc) is 2.38. The van der Waals surface area contributed by atoms with Crippen molar-refractivity contribution in [3.05, 3.63) is 23.9 Å². The second kappa shape index (κ2) is 6.82. The average molecular weight is 238 g/mol. The molecule has 0 radical (unpaired) electrons. The van der Waals surface area contributed by atoms with Crippen molar-refractivity contribution in [2.24, 2.45) is 5.84 Å². The molecule has 1 aromatic rings. The van der Waals surface area contributed by atoms with Crippen LogP contribution in [0.25, 0.3) is 0 Å². The highest BCUT2D eigenvalue weighted by molar-refractivity contribution is 5.94. The van der Waals surface area contributed by atoms with Crippen LogP contribution in [-0.2, 0) is 0 Å². The Kier molecular flexibility index (Phi) is 5.38. The Hall–Kier alpha value is -1.66. The smallest absolute Gasteiger partial charge is 0.255 e. The van der Waals surface area contributed by atoms with Crippen LogP contribution in [0.3, 0.4) is 0 Å². The third-order valence-corrected chi connectivity index (χ3v) is 2.31. The highest BCUT2D eigenvalue weighted by Crippen LogP contribution is 2.07. The molecule has 0 aliphatic heterocycles. The number of rotatable bonds is 6. The van der Waals surface area contributed by atoms with Crippen molar-refractivity contribution in [1.29, 1.82) is 0 Å². The van der Waals surface area contributed by atoms with Crippen molar-refractivity contribution in [2.45, 2.75) is 13.3 Å². The molecule has 0 atom stereocenters. The molecular weight excluding hydrogens is 220 g/mol. The first kappa shape index (κ1) is 13.4.